The maximum Gasteiger partial charge on any atom is 0.101 e. The summed E-state index contributed by atoms with van der Waals surface area (Å²) >= 11 is 4.20. The highest BCUT2D eigenvalue weighted by Crippen LogP contribution is 2.55. The van der Waals surface area contributed by atoms with Crippen LogP contribution in [0.3, 0.4) is 0 Å². The molecule has 0 atom stereocenters. The third kappa shape index (κ3) is 3.14. The summed E-state index contributed by atoms with van der Waals surface area (Å²) in [7, 11) is 2.11. The minimum atomic E-state index is 0.234. The van der Waals surface area contributed by atoms with Crippen LogP contribution in [0.5, 0.6) is 0 Å². The normalized spacial score (nSPS) is 17.5. The molecule has 0 spiro atoms. The van der Waals surface area contributed by atoms with Crippen LogP contribution in [-0.2, 0) is 17.5 Å². The van der Waals surface area contributed by atoms with Crippen LogP contribution in [0.4, 0.5) is 0 Å². The van der Waals surface area contributed by atoms with Gasteiger partial charge in [-0.25, -0.2) is 0 Å². The highest BCUT2D eigenvalue weighted by Gasteiger charge is 2.39. The molecule has 2 nitrogen and oxygen atoms in total. The van der Waals surface area contributed by atoms with Gasteiger partial charge >= 0.3 is 0 Å². The standard InChI is InChI=1S/C15H22N2S2/c1-3-4-5-9-15(18-11-12-19-15)14-7-6-13(8-10-16)17(14)2/h6-7H,3-5,8-9,11-12H2,1-2H3. The molecule has 104 valence electrons. The van der Waals surface area contributed by atoms with Crippen molar-refractivity contribution in [3.05, 3.63) is 23.5 Å². The Morgan fingerprint density at radius 1 is 1.32 bits per heavy atom. The summed E-state index contributed by atoms with van der Waals surface area (Å²) in [4.78, 5) is 0. The van der Waals surface area contributed by atoms with Crippen molar-refractivity contribution < 1.29 is 0 Å². The third-order valence-corrected chi connectivity index (χ3v) is 7.28. The largest absolute Gasteiger partial charge is 0.349 e. The smallest absolute Gasteiger partial charge is 0.101 e. The van der Waals surface area contributed by atoms with Crippen molar-refractivity contribution in [1.82, 2.24) is 4.57 Å². The molecule has 2 heterocycles. The van der Waals surface area contributed by atoms with E-state index in [-0.39, 0.29) is 4.08 Å². The van der Waals surface area contributed by atoms with E-state index in [2.05, 4.69) is 60.3 Å². The molecule has 1 aliphatic rings. The molecule has 1 aromatic heterocycles. The second-order valence-electron chi connectivity index (χ2n) is 5.01. The molecule has 0 aliphatic carbocycles. The van der Waals surface area contributed by atoms with Gasteiger partial charge in [-0.3, -0.25) is 0 Å². The van der Waals surface area contributed by atoms with E-state index in [0.717, 1.165) is 5.69 Å². The van der Waals surface area contributed by atoms with Crippen molar-refractivity contribution in [3.8, 4) is 6.07 Å². The van der Waals surface area contributed by atoms with E-state index >= 15 is 0 Å². The zero-order valence-electron chi connectivity index (χ0n) is 11.8. The molecule has 0 radical (unpaired) electrons. The molecule has 0 amide bonds. The Bertz CT molecular complexity index is 453. The average molecular weight is 294 g/mol. The number of rotatable bonds is 6. The van der Waals surface area contributed by atoms with E-state index < -0.39 is 0 Å². The van der Waals surface area contributed by atoms with E-state index in [4.69, 9.17) is 5.26 Å². The Labute approximate surface area is 124 Å². The lowest BCUT2D eigenvalue weighted by molar-refractivity contribution is 0.613. The van der Waals surface area contributed by atoms with Crippen LogP contribution in [0, 0.1) is 11.3 Å². The molecule has 1 fully saturated rings. The molecule has 1 saturated heterocycles. The highest BCUT2D eigenvalue weighted by molar-refractivity contribution is 8.20. The number of unbranched alkanes of at least 4 members (excludes halogenated alkanes) is 2. The molecular weight excluding hydrogens is 272 g/mol. The van der Waals surface area contributed by atoms with Gasteiger partial charge in [0.1, 0.15) is 4.08 Å². The molecule has 0 bridgehead atoms. The maximum absolute atomic E-state index is 8.88. The molecule has 1 aromatic rings. The van der Waals surface area contributed by atoms with Gasteiger partial charge in [0.2, 0.25) is 0 Å². The number of thioether (sulfide) groups is 2. The maximum atomic E-state index is 8.88. The SMILES string of the molecule is CCCCCC1(c2ccc(CC#N)n2C)SCCS1. The topological polar surface area (TPSA) is 28.7 Å². The van der Waals surface area contributed by atoms with Gasteiger partial charge in [-0.2, -0.15) is 5.26 Å². The monoisotopic (exact) mass is 294 g/mol. The second-order valence-corrected chi connectivity index (χ2v) is 8.06. The first-order valence-electron chi connectivity index (χ1n) is 7.03. The number of aromatic nitrogens is 1. The molecule has 0 saturated carbocycles. The van der Waals surface area contributed by atoms with Gasteiger partial charge in [0.25, 0.3) is 0 Å². The fraction of sp³-hybridized carbons (Fsp3) is 0.667. The van der Waals surface area contributed by atoms with E-state index in [0.29, 0.717) is 6.42 Å². The second kappa shape index (κ2) is 6.76. The lowest BCUT2D eigenvalue weighted by atomic mass is 10.1. The Balaban J connectivity index is 2.21. The average Bonchev–Trinajstić information content (AvgIpc) is 3.00. The minimum absolute atomic E-state index is 0.234. The molecule has 0 unspecified atom stereocenters. The van der Waals surface area contributed by atoms with E-state index in [1.54, 1.807) is 0 Å². The summed E-state index contributed by atoms with van der Waals surface area (Å²) in [5.74, 6) is 2.49. The molecule has 19 heavy (non-hydrogen) atoms. The van der Waals surface area contributed by atoms with Gasteiger partial charge < -0.3 is 4.57 Å². The van der Waals surface area contributed by atoms with Crippen molar-refractivity contribution in [2.75, 3.05) is 11.5 Å². The first-order valence-corrected chi connectivity index (χ1v) is 9.00. The molecule has 0 aromatic carbocycles. The minimum Gasteiger partial charge on any atom is -0.349 e. The zero-order chi connectivity index (χ0) is 13.7. The van der Waals surface area contributed by atoms with Crippen molar-refractivity contribution in [2.24, 2.45) is 7.05 Å². The van der Waals surface area contributed by atoms with Gasteiger partial charge in [0.05, 0.1) is 12.5 Å². The van der Waals surface area contributed by atoms with Crippen LogP contribution < -0.4 is 0 Å². The van der Waals surface area contributed by atoms with Crippen LogP contribution in [0.15, 0.2) is 12.1 Å². The van der Waals surface area contributed by atoms with Gasteiger partial charge in [-0.1, -0.05) is 26.2 Å². The Morgan fingerprint density at radius 2 is 2.05 bits per heavy atom. The zero-order valence-corrected chi connectivity index (χ0v) is 13.4. The summed E-state index contributed by atoms with van der Waals surface area (Å²) in [6.07, 6.45) is 5.66. The fourth-order valence-electron chi connectivity index (χ4n) is 2.68. The highest BCUT2D eigenvalue weighted by atomic mass is 32.2. The van der Waals surface area contributed by atoms with Crippen molar-refractivity contribution in [2.45, 2.75) is 43.1 Å². The summed E-state index contributed by atoms with van der Waals surface area (Å²) in [5.41, 5.74) is 2.54. The Morgan fingerprint density at radius 3 is 2.68 bits per heavy atom. The number of nitrogens with zero attached hydrogens (tertiary/aromatic N) is 2. The van der Waals surface area contributed by atoms with Crippen LogP contribution in [0.25, 0.3) is 0 Å². The quantitative estimate of drug-likeness (QED) is 0.732. The first-order chi connectivity index (χ1) is 9.23. The van der Waals surface area contributed by atoms with E-state index in [1.807, 2.05) is 0 Å². The summed E-state index contributed by atoms with van der Waals surface area (Å²) in [6.45, 7) is 2.26. The van der Waals surface area contributed by atoms with Crippen LogP contribution in [-0.4, -0.2) is 16.1 Å². The summed E-state index contributed by atoms with van der Waals surface area (Å²) < 4.78 is 2.48. The summed E-state index contributed by atoms with van der Waals surface area (Å²) in [5, 5.41) is 8.88. The van der Waals surface area contributed by atoms with Crippen molar-refractivity contribution in [3.63, 3.8) is 0 Å². The number of hydrogen-bond donors (Lipinski definition) is 0. The van der Waals surface area contributed by atoms with Crippen LogP contribution in [0.1, 0.15) is 44.0 Å². The Hall–Kier alpha value is -0.530. The molecule has 4 heteroatoms. The molecular formula is C15H22N2S2. The van der Waals surface area contributed by atoms with Gasteiger partial charge in [-0.15, -0.1) is 23.5 Å². The van der Waals surface area contributed by atoms with E-state index in [9.17, 15) is 0 Å². The first kappa shape index (κ1) is 14.9. The molecule has 2 rings (SSSR count). The van der Waals surface area contributed by atoms with Crippen molar-refractivity contribution in [1.29, 1.82) is 5.26 Å². The Kier molecular flexibility index (Phi) is 5.29. The van der Waals surface area contributed by atoms with Gasteiger partial charge in [-0.05, 0) is 18.6 Å². The molecule has 1 aliphatic heterocycles. The predicted octanol–water partition coefficient (Wildman–Crippen LogP) is 4.30. The van der Waals surface area contributed by atoms with E-state index in [1.165, 1.54) is 42.9 Å². The lowest BCUT2D eigenvalue weighted by Gasteiger charge is -2.28. The number of nitriles is 1. The predicted molar refractivity (Wildman–Crippen MR) is 85.5 cm³/mol. The van der Waals surface area contributed by atoms with Crippen LogP contribution >= 0.6 is 23.5 Å². The van der Waals surface area contributed by atoms with Gasteiger partial charge in [0.15, 0.2) is 0 Å². The molecule has 0 N–H and O–H groups in total. The summed E-state index contributed by atoms with van der Waals surface area (Å²) in [6, 6.07) is 6.62. The van der Waals surface area contributed by atoms with Gasteiger partial charge in [0, 0.05) is 29.9 Å². The van der Waals surface area contributed by atoms with Crippen LogP contribution in [0.2, 0.25) is 0 Å². The lowest BCUT2D eigenvalue weighted by Crippen LogP contribution is -2.19. The fourth-order valence-corrected chi connectivity index (χ4v) is 6.12. The third-order valence-electron chi connectivity index (χ3n) is 3.74. The van der Waals surface area contributed by atoms with Crippen molar-refractivity contribution >= 4 is 23.5 Å². The number of hydrogen-bond acceptors (Lipinski definition) is 3.